The third-order valence-electron chi connectivity index (χ3n) is 3.60. The Hall–Kier alpha value is -3.26. The third-order valence-corrected chi connectivity index (χ3v) is 4.19. The standard InChI is InChI=1S/C19H14BrFN4O2/c1-2-17(26)23-16-10-12(8-9-15(16)21)22-19(27)14-11-25(24-18(14)20)13-6-4-3-5-7-13/h2-11H,1H2,(H,22,27)(H,23,26). The molecule has 0 bridgehead atoms. The van der Waals surface area contributed by atoms with Crippen LogP contribution in [0.15, 0.2) is 72.0 Å². The smallest absolute Gasteiger partial charge is 0.260 e. The van der Waals surface area contributed by atoms with Gasteiger partial charge in [-0.3, -0.25) is 9.59 Å². The van der Waals surface area contributed by atoms with Crippen molar-refractivity contribution in [1.29, 1.82) is 0 Å². The van der Waals surface area contributed by atoms with Gasteiger partial charge in [-0.2, -0.15) is 5.10 Å². The fourth-order valence-corrected chi connectivity index (χ4v) is 2.75. The van der Waals surface area contributed by atoms with Crippen molar-refractivity contribution in [2.45, 2.75) is 0 Å². The van der Waals surface area contributed by atoms with Crippen molar-refractivity contribution in [2.75, 3.05) is 10.6 Å². The molecule has 1 aromatic heterocycles. The van der Waals surface area contributed by atoms with Crippen LogP contribution in [-0.2, 0) is 4.79 Å². The molecule has 0 spiro atoms. The quantitative estimate of drug-likeness (QED) is 0.599. The summed E-state index contributed by atoms with van der Waals surface area (Å²) in [5.74, 6) is -1.61. The van der Waals surface area contributed by atoms with Gasteiger partial charge in [0.05, 0.1) is 16.9 Å². The van der Waals surface area contributed by atoms with Crippen LogP contribution in [0.25, 0.3) is 5.69 Å². The van der Waals surface area contributed by atoms with Crippen LogP contribution in [-0.4, -0.2) is 21.6 Å². The second kappa shape index (κ2) is 7.96. The van der Waals surface area contributed by atoms with Crippen molar-refractivity contribution in [3.63, 3.8) is 0 Å². The number of amides is 2. The van der Waals surface area contributed by atoms with Crippen LogP contribution in [0.5, 0.6) is 0 Å². The molecule has 2 N–H and O–H groups in total. The van der Waals surface area contributed by atoms with Crippen molar-refractivity contribution in [3.8, 4) is 5.69 Å². The normalized spacial score (nSPS) is 10.3. The Kier molecular flexibility index (Phi) is 5.46. The van der Waals surface area contributed by atoms with E-state index in [2.05, 4.69) is 38.2 Å². The first-order chi connectivity index (χ1) is 13.0. The summed E-state index contributed by atoms with van der Waals surface area (Å²) < 4.78 is 15.7. The van der Waals surface area contributed by atoms with Gasteiger partial charge >= 0.3 is 0 Å². The van der Waals surface area contributed by atoms with Gasteiger partial charge in [0.1, 0.15) is 10.4 Å². The molecule has 0 aliphatic rings. The lowest BCUT2D eigenvalue weighted by Gasteiger charge is -2.08. The van der Waals surface area contributed by atoms with Crippen LogP contribution in [0.4, 0.5) is 15.8 Å². The summed E-state index contributed by atoms with van der Waals surface area (Å²) in [6.07, 6.45) is 2.61. The van der Waals surface area contributed by atoms with Crippen LogP contribution < -0.4 is 10.6 Å². The van der Waals surface area contributed by atoms with Gasteiger partial charge < -0.3 is 10.6 Å². The molecule has 6 nitrogen and oxygen atoms in total. The highest BCUT2D eigenvalue weighted by Gasteiger charge is 2.16. The Morgan fingerprint density at radius 1 is 1.15 bits per heavy atom. The Bertz CT molecular complexity index is 1020. The maximum absolute atomic E-state index is 13.8. The van der Waals surface area contributed by atoms with Crippen molar-refractivity contribution in [1.82, 2.24) is 9.78 Å². The third kappa shape index (κ3) is 4.29. The van der Waals surface area contributed by atoms with Gasteiger partial charge in [0.2, 0.25) is 5.91 Å². The van der Waals surface area contributed by atoms with Crippen molar-refractivity contribution < 1.29 is 14.0 Å². The predicted octanol–water partition coefficient (Wildman–Crippen LogP) is 4.15. The van der Waals surface area contributed by atoms with Crippen LogP contribution in [0.3, 0.4) is 0 Å². The summed E-state index contributed by atoms with van der Waals surface area (Å²) in [6.45, 7) is 3.32. The summed E-state index contributed by atoms with van der Waals surface area (Å²) in [5, 5.41) is 9.27. The number of rotatable bonds is 5. The van der Waals surface area contributed by atoms with E-state index >= 15 is 0 Å². The first kappa shape index (κ1) is 18.5. The fourth-order valence-electron chi connectivity index (χ4n) is 2.30. The molecule has 27 heavy (non-hydrogen) atoms. The van der Waals surface area contributed by atoms with E-state index in [1.54, 1.807) is 10.9 Å². The Labute approximate surface area is 162 Å². The second-order valence-electron chi connectivity index (χ2n) is 5.46. The van der Waals surface area contributed by atoms with Gasteiger partial charge in [0, 0.05) is 11.9 Å². The van der Waals surface area contributed by atoms with E-state index in [0.717, 1.165) is 17.8 Å². The molecule has 2 aromatic carbocycles. The summed E-state index contributed by atoms with van der Waals surface area (Å²) in [6, 6.07) is 13.2. The maximum Gasteiger partial charge on any atom is 0.260 e. The molecule has 0 radical (unpaired) electrons. The van der Waals surface area contributed by atoms with Gasteiger partial charge in [0.15, 0.2) is 0 Å². The zero-order valence-corrected chi connectivity index (χ0v) is 15.5. The molecule has 0 aliphatic carbocycles. The van der Waals surface area contributed by atoms with Crippen LogP contribution in [0.2, 0.25) is 0 Å². The van der Waals surface area contributed by atoms with Crippen molar-refractivity contribution in [2.24, 2.45) is 0 Å². The number of hydrogen-bond acceptors (Lipinski definition) is 3. The van der Waals surface area contributed by atoms with E-state index in [9.17, 15) is 14.0 Å². The van der Waals surface area contributed by atoms with Gasteiger partial charge in [-0.25, -0.2) is 9.07 Å². The highest BCUT2D eigenvalue weighted by atomic mass is 79.9. The number of carbonyl (C=O) groups is 2. The number of hydrogen-bond donors (Lipinski definition) is 2. The minimum Gasteiger partial charge on any atom is -0.322 e. The second-order valence-corrected chi connectivity index (χ2v) is 6.21. The van der Waals surface area contributed by atoms with E-state index in [-0.39, 0.29) is 5.69 Å². The lowest BCUT2D eigenvalue weighted by molar-refractivity contribution is -0.111. The molecule has 0 saturated heterocycles. The molecule has 136 valence electrons. The maximum atomic E-state index is 13.8. The van der Waals surface area contributed by atoms with E-state index in [4.69, 9.17) is 0 Å². The Balaban J connectivity index is 1.82. The summed E-state index contributed by atoms with van der Waals surface area (Å²) in [4.78, 5) is 23.9. The predicted molar refractivity (Wildman–Crippen MR) is 104 cm³/mol. The summed E-state index contributed by atoms with van der Waals surface area (Å²) in [5.41, 5.74) is 1.37. The van der Waals surface area contributed by atoms with Gasteiger partial charge in [-0.15, -0.1) is 0 Å². The SMILES string of the molecule is C=CC(=O)Nc1cc(NC(=O)c2cn(-c3ccccc3)nc2Br)ccc1F. The molecule has 8 heteroatoms. The first-order valence-corrected chi connectivity index (χ1v) is 8.62. The number of halogens is 2. The average Bonchev–Trinajstić information content (AvgIpc) is 3.07. The molecule has 0 unspecified atom stereocenters. The van der Waals surface area contributed by atoms with E-state index < -0.39 is 17.6 Å². The Morgan fingerprint density at radius 3 is 2.59 bits per heavy atom. The fraction of sp³-hybridized carbons (Fsp3) is 0. The lowest BCUT2D eigenvalue weighted by Crippen LogP contribution is -2.13. The van der Waals surface area contributed by atoms with Crippen LogP contribution in [0.1, 0.15) is 10.4 Å². The molecule has 0 saturated carbocycles. The van der Waals surface area contributed by atoms with Gasteiger partial charge in [-0.05, 0) is 52.3 Å². The topological polar surface area (TPSA) is 76.0 Å². The molecular weight excluding hydrogens is 415 g/mol. The van der Waals surface area contributed by atoms with E-state index in [0.29, 0.717) is 15.9 Å². The van der Waals surface area contributed by atoms with Crippen molar-refractivity contribution >= 4 is 39.1 Å². The summed E-state index contributed by atoms with van der Waals surface area (Å²) >= 11 is 3.28. The van der Waals surface area contributed by atoms with Crippen molar-refractivity contribution in [3.05, 3.63) is 83.4 Å². The highest BCUT2D eigenvalue weighted by molar-refractivity contribution is 9.10. The minimum atomic E-state index is -0.624. The molecule has 0 atom stereocenters. The number of nitrogens with zero attached hydrogens (tertiary/aromatic N) is 2. The number of nitrogens with one attached hydrogen (secondary N) is 2. The number of benzene rings is 2. The molecular formula is C19H14BrFN4O2. The summed E-state index contributed by atoms with van der Waals surface area (Å²) in [7, 11) is 0. The van der Waals surface area contributed by atoms with Crippen LogP contribution in [0, 0.1) is 5.82 Å². The Morgan fingerprint density at radius 2 is 1.89 bits per heavy atom. The number of carbonyl (C=O) groups excluding carboxylic acids is 2. The number of aromatic nitrogens is 2. The van der Waals surface area contributed by atoms with Crippen LogP contribution >= 0.6 is 15.9 Å². The molecule has 3 aromatic rings. The molecule has 3 rings (SSSR count). The number of para-hydroxylation sites is 1. The zero-order valence-electron chi connectivity index (χ0n) is 13.9. The largest absolute Gasteiger partial charge is 0.322 e. The van der Waals surface area contributed by atoms with E-state index in [1.165, 1.54) is 12.1 Å². The molecule has 0 fully saturated rings. The van der Waals surface area contributed by atoms with E-state index in [1.807, 2.05) is 30.3 Å². The first-order valence-electron chi connectivity index (χ1n) is 7.83. The monoisotopic (exact) mass is 428 g/mol. The van der Waals surface area contributed by atoms with Gasteiger partial charge in [0.25, 0.3) is 5.91 Å². The molecule has 1 heterocycles. The van der Waals surface area contributed by atoms with Gasteiger partial charge in [-0.1, -0.05) is 24.8 Å². The lowest BCUT2D eigenvalue weighted by atomic mass is 10.2. The average molecular weight is 429 g/mol. The highest BCUT2D eigenvalue weighted by Crippen LogP contribution is 2.22. The molecule has 0 aliphatic heterocycles. The minimum absolute atomic E-state index is 0.0586. The zero-order chi connectivity index (χ0) is 19.4. The molecule has 2 amide bonds. The number of anilines is 2.